The Morgan fingerprint density at radius 3 is 2.65 bits per heavy atom. The van der Waals surface area contributed by atoms with Gasteiger partial charge in [-0.25, -0.2) is 4.79 Å². The predicted octanol–water partition coefficient (Wildman–Crippen LogP) is -0.399. The highest BCUT2D eigenvalue weighted by Crippen LogP contribution is 2.15. The van der Waals surface area contributed by atoms with Gasteiger partial charge in [-0.15, -0.1) is 0 Å². The number of aliphatic carboxylic acids is 1. The van der Waals surface area contributed by atoms with Gasteiger partial charge in [-0.1, -0.05) is 0 Å². The molecular weight excluding hydrogens is 262 g/mol. The van der Waals surface area contributed by atoms with E-state index in [4.69, 9.17) is 10.8 Å². The molecule has 1 saturated heterocycles. The molecule has 0 aromatic carbocycles. The first-order valence-electron chi connectivity index (χ1n) is 7.00. The van der Waals surface area contributed by atoms with Crippen molar-refractivity contribution in [3.8, 4) is 0 Å². The third kappa shape index (κ3) is 6.51. The summed E-state index contributed by atoms with van der Waals surface area (Å²) in [5.41, 5.74) is 4.98. The molecule has 5 N–H and O–H groups in total. The quantitative estimate of drug-likeness (QED) is 0.483. The second kappa shape index (κ2) is 8.52. The van der Waals surface area contributed by atoms with Crippen LogP contribution in [0.1, 0.15) is 38.5 Å². The van der Waals surface area contributed by atoms with E-state index >= 15 is 0 Å². The van der Waals surface area contributed by atoms with Crippen LogP contribution in [0.25, 0.3) is 0 Å². The molecule has 0 spiro atoms. The Morgan fingerprint density at radius 1 is 1.35 bits per heavy atom. The van der Waals surface area contributed by atoms with Crippen molar-refractivity contribution in [3.05, 3.63) is 0 Å². The molecule has 0 bridgehead atoms. The highest BCUT2D eigenvalue weighted by Gasteiger charge is 2.21. The molecule has 7 nitrogen and oxygen atoms in total. The average molecular weight is 285 g/mol. The molecule has 0 radical (unpaired) electrons. The Bertz CT molecular complexity index is 354. The molecule has 1 rings (SSSR count). The van der Waals surface area contributed by atoms with E-state index in [1.165, 1.54) is 0 Å². The Labute approximate surface area is 118 Å². The van der Waals surface area contributed by atoms with Gasteiger partial charge in [0.15, 0.2) is 0 Å². The van der Waals surface area contributed by atoms with E-state index in [1.807, 2.05) is 0 Å². The lowest BCUT2D eigenvalue weighted by atomic mass is 9.94. The minimum atomic E-state index is -1.14. The number of hydrogen-bond acceptors (Lipinski definition) is 4. The number of carbonyl (C=O) groups excluding carboxylic acids is 2. The highest BCUT2D eigenvalue weighted by molar-refractivity contribution is 5.84. The maximum Gasteiger partial charge on any atom is 0.326 e. The number of carboxylic acids is 1. The summed E-state index contributed by atoms with van der Waals surface area (Å²) in [5.74, 6) is -1.52. The van der Waals surface area contributed by atoms with Gasteiger partial charge in [-0.05, 0) is 44.7 Å². The summed E-state index contributed by atoms with van der Waals surface area (Å²) in [5, 5.41) is 14.7. The van der Waals surface area contributed by atoms with Crippen molar-refractivity contribution in [2.75, 3.05) is 13.1 Å². The minimum Gasteiger partial charge on any atom is -0.480 e. The van der Waals surface area contributed by atoms with Crippen LogP contribution in [0.2, 0.25) is 0 Å². The van der Waals surface area contributed by atoms with Crippen molar-refractivity contribution in [3.63, 3.8) is 0 Å². The summed E-state index contributed by atoms with van der Waals surface area (Å²) in [6, 6.07) is -1.04. The summed E-state index contributed by atoms with van der Waals surface area (Å²) in [4.78, 5) is 33.4. The number of carboxylic acid groups (broad SMARTS) is 1. The normalized spacial score (nSPS) is 20.1. The van der Waals surface area contributed by atoms with Crippen molar-refractivity contribution in [1.82, 2.24) is 10.6 Å². The molecule has 20 heavy (non-hydrogen) atoms. The Morgan fingerprint density at radius 2 is 2.10 bits per heavy atom. The molecule has 2 atom stereocenters. The summed E-state index contributed by atoms with van der Waals surface area (Å²) in [7, 11) is 0. The number of primary amides is 1. The van der Waals surface area contributed by atoms with Crippen LogP contribution in [0, 0.1) is 5.92 Å². The van der Waals surface area contributed by atoms with Crippen LogP contribution in [0.3, 0.4) is 0 Å². The number of carbonyl (C=O) groups is 3. The van der Waals surface area contributed by atoms with Gasteiger partial charge in [-0.2, -0.15) is 0 Å². The van der Waals surface area contributed by atoms with Crippen LogP contribution in [0.15, 0.2) is 0 Å². The van der Waals surface area contributed by atoms with Gasteiger partial charge in [0.25, 0.3) is 0 Å². The summed E-state index contributed by atoms with van der Waals surface area (Å²) < 4.78 is 0. The first-order chi connectivity index (χ1) is 9.49. The highest BCUT2D eigenvalue weighted by atomic mass is 16.4. The molecule has 0 aliphatic carbocycles. The molecule has 2 amide bonds. The molecule has 1 heterocycles. The third-order valence-electron chi connectivity index (χ3n) is 3.49. The monoisotopic (exact) mass is 285 g/mol. The van der Waals surface area contributed by atoms with Crippen LogP contribution < -0.4 is 16.4 Å². The summed E-state index contributed by atoms with van der Waals surface area (Å²) in [6.45, 7) is 1.94. The lowest BCUT2D eigenvalue weighted by molar-refractivity contribution is -0.142. The second-order valence-electron chi connectivity index (χ2n) is 5.21. The molecule has 7 heteroatoms. The summed E-state index contributed by atoms with van der Waals surface area (Å²) >= 11 is 0. The van der Waals surface area contributed by atoms with Gasteiger partial charge in [0, 0.05) is 12.8 Å². The van der Waals surface area contributed by atoms with Gasteiger partial charge in [0.05, 0.1) is 0 Å². The second-order valence-corrected chi connectivity index (χ2v) is 5.21. The van der Waals surface area contributed by atoms with Crippen LogP contribution >= 0.6 is 0 Å². The fourth-order valence-electron chi connectivity index (χ4n) is 2.32. The van der Waals surface area contributed by atoms with Crippen LogP contribution in [-0.2, 0) is 14.4 Å². The molecule has 1 unspecified atom stereocenters. The van der Waals surface area contributed by atoms with Crippen molar-refractivity contribution in [2.45, 2.75) is 44.6 Å². The molecular formula is C13H23N3O4. The number of hydrogen-bond donors (Lipinski definition) is 4. The van der Waals surface area contributed by atoms with Gasteiger partial charge < -0.3 is 21.5 Å². The largest absolute Gasteiger partial charge is 0.480 e. The standard InChI is InChI=1S/C13H23N3O4/c14-11(17)5-4-10(13(19)20)16-12(18)6-3-9-2-1-7-15-8-9/h9-10,15H,1-8H2,(H2,14,17)(H,16,18)(H,19,20)/t9?,10-/m0/s1. The van der Waals surface area contributed by atoms with Crippen molar-refractivity contribution < 1.29 is 19.5 Å². The van der Waals surface area contributed by atoms with E-state index in [2.05, 4.69) is 10.6 Å². The van der Waals surface area contributed by atoms with E-state index in [9.17, 15) is 14.4 Å². The Balaban J connectivity index is 2.29. The van der Waals surface area contributed by atoms with Gasteiger partial charge in [0.1, 0.15) is 6.04 Å². The minimum absolute atomic E-state index is 0.0292. The third-order valence-corrected chi connectivity index (χ3v) is 3.49. The van der Waals surface area contributed by atoms with E-state index in [0.717, 1.165) is 32.4 Å². The Kier molecular flexibility index (Phi) is 7.00. The number of amides is 2. The molecule has 1 aliphatic rings. The first kappa shape index (κ1) is 16.4. The average Bonchev–Trinajstić information content (AvgIpc) is 2.41. The van der Waals surface area contributed by atoms with E-state index in [1.54, 1.807) is 0 Å². The van der Waals surface area contributed by atoms with Crippen molar-refractivity contribution in [2.24, 2.45) is 11.7 Å². The topological polar surface area (TPSA) is 122 Å². The zero-order chi connectivity index (χ0) is 15.0. The molecule has 0 aromatic heterocycles. The first-order valence-corrected chi connectivity index (χ1v) is 7.00. The van der Waals surface area contributed by atoms with Gasteiger partial charge in [-0.3, -0.25) is 9.59 Å². The fraction of sp³-hybridized carbons (Fsp3) is 0.769. The van der Waals surface area contributed by atoms with Gasteiger partial charge >= 0.3 is 5.97 Å². The zero-order valence-electron chi connectivity index (χ0n) is 11.6. The van der Waals surface area contributed by atoms with Crippen LogP contribution in [0.5, 0.6) is 0 Å². The zero-order valence-corrected chi connectivity index (χ0v) is 11.6. The molecule has 114 valence electrons. The molecule has 1 fully saturated rings. The summed E-state index contributed by atoms with van der Waals surface area (Å²) in [6.07, 6.45) is 3.26. The van der Waals surface area contributed by atoms with Crippen molar-refractivity contribution in [1.29, 1.82) is 0 Å². The van der Waals surface area contributed by atoms with Gasteiger partial charge in [0.2, 0.25) is 11.8 Å². The number of nitrogens with one attached hydrogen (secondary N) is 2. The van der Waals surface area contributed by atoms with Crippen LogP contribution in [0.4, 0.5) is 0 Å². The SMILES string of the molecule is NC(=O)CC[C@H](NC(=O)CCC1CCCNC1)C(=O)O. The number of nitrogens with two attached hydrogens (primary N) is 1. The molecule has 0 aromatic rings. The maximum absolute atomic E-state index is 11.7. The lowest BCUT2D eigenvalue weighted by Crippen LogP contribution is -2.41. The predicted molar refractivity (Wildman–Crippen MR) is 72.8 cm³/mol. The smallest absolute Gasteiger partial charge is 0.326 e. The van der Waals surface area contributed by atoms with E-state index in [-0.39, 0.29) is 18.7 Å². The number of rotatable bonds is 8. The fourth-order valence-corrected chi connectivity index (χ4v) is 2.32. The van der Waals surface area contributed by atoms with Crippen molar-refractivity contribution >= 4 is 17.8 Å². The van der Waals surface area contributed by atoms with Crippen LogP contribution in [-0.4, -0.2) is 42.0 Å². The Hall–Kier alpha value is -1.63. The van der Waals surface area contributed by atoms with E-state index < -0.39 is 17.9 Å². The molecule has 1 aliphatic heterocycles. The lowest BCUT2D eigenvalue weighted by Gasteiger charge is -2.22. The maximum atomic E-state index is 11.7. The molecule has 0 saturated carbocycles. The van der Waals surface area contributed by atoms with E-state index in [0.29, 0.717) is 12.3 Å². The number of piperidine rings is 1.